The van der Waals surface area contributed by atoms with Crippen LogP contribution in [0.5, 0.6) is 0 Å². The first kappa shape index (κ1) is 15.1. The fourth-order valence-electron chi connectivity index (χ4n) is 1.56. The molecule has 2 rings (SSSR count). The van der Waals surface area contributed by atoms with Gasteiger partial charge >= 0.3 is 0 Å². The van der Waals surface area contributed by atoms with Crippen molar-refractivity contribution in [3.63, 3.8) is 0 Å². The number of para-hydroxylation sites is 1. The molecule has 19 heavy (non-hydrogen) atoms. The molecule has 0 unspecified atom stereocenters. The molecule has 0 saturated heterocycles. The second-order valence-corrected chi connectivity index (χ2v) is 3.92. The number of nitrogens with zero attached hydrogens (tertiary/aromatic N) is 3. The molecule has 0 spiro atoms. The van der Waals surface area contributed by atoms with Gasteiger partial charge in [0.05, 0.1) is 17.2 Å². The molecule has 1 heterocycles. The molecule has 100 valence electrons. The van der Waals surface area contributed by atoms with Crippen LogP contribution in [0.4, 0.5) is 0 Å². The van der Waals surface area contributed by atoms with Gasteiger partial charge < -0.3 is 0 Å². The van der Waals surface area contributed by atoms with E-state index in [-0.39, 0.29) is 18.3 Å². The van der Waals surface area contributed by atoms with Crippen LogP contribution in [0.2, 0.25) is 0 Å². The maximum Gasteiger partial charge on any atom is 0.246 e. The van der Waals surface area contributed by atoms with Gasteiger partial charge in [0, 0.05) is 12.6 Å². The molecule has 4 nitrogen and oxygen atoms in total. The highest BCUT2D eigenvalue weighted by Crippen LogP contribution is 2.02. The molecule has 1 aromatic heterocycles. The number of rotatable bonds is 3. The van der Waals surface area contributed by atoms with Crippen LogP contribution in [0.15, 0.2) is 53.8 Å². The molecule has 0 aliphatic heterocycles. The van der Waals surface area contributed by atoms with Gasteiger partial charge in [0.15, 0.2) is 0 Å². The summed E-state index contributed by atoms with van der Waals surface area (Å²) in [5.41, 5.74) is 0.976. The fraction of sp³-hybridized carbons (Fsp3) is 0.214. The van der Waals surface area contributed by atoms with Crippen molar-refractivity contribution in [3.05, 3.63) is 54.1 Å². The summed E-state index contributed by atoms with van der Waals surface area (Å²) in [5.74, 6) is -0.100. The van der Waals surface area contributed by atoms with Crippen molar-refractivity contribution in [2.24, 2.45) is 4.99 Å². The zero-order valence-electron chi connectivity index (χ0n) is 10.7. The van der Waals surface area contributed by atoms with Crippen LogP contribution in [0.1, 0.15) is 19.8 Å². The quantitative estimate of drug-likeness (QED) is 0.865. The van der Waals surface area contributed by atoms with E-state index < -0.39 is 0 Å². The maximum absolute atomic E-state index is 11.4. The summed E-state index contributed by atoms with van der Waals surface area (Å²) in [7, 11) is 0. The minimum absolute atomic E-state index is 0. The highest BCUT2D eigenvalue weighted by Gasteiger charge is 1.96. The number of hydrogen-bond donors (Lipinski definition) is 0. The first-order valence-corrected chi connectivity index (χ1v) is 5.97. The van der Waals surface area contributed by atoms with Crippen LogP contribution in [-0.2, 0) is 4.79 Å². The number of hydrogen-bond acceptors (Lipinski definition) is 2. The van der Waals surface area contributed by atoms with Crippen LogP contribution < -0.4 is 5.36 Å². The van der Waals surface area contributed by atoms with Crippen molar-refractivity contribution in [2.75, 3.05) is 0 Å². The minimum Gasteiger partial charge on any atom is -0.273 e. The SMILES string of the molecule is CCCC(=O)N=c1ccn(-c2ccccc2)nc1.Cl. The third kappa shape index (κ3) is 4.34. The van der Waals surface area contributed by atoms with Crippen LogP contribution >= 0.6 is 12.4 Å². The Labute approximate surface area is 118 Å². The Morgan fingerprint density at radius 3 is 2.58 bits per heavy atom. The van der Waals surface area contributed by atoms with E-state index in [9.17, 15) is 4.79 Å². The van der Waals surface area contributed by atoms with E-state index >= 15 is 0 Å². The van der Waals surface area contributed by atoms with E-state index in [1.54, 1.807) is 23.1 Å². The molecule has 0 aliphatic rings. The number of halogens is 1. The van der Waals surface area contributed by atoms with Gasteiger partial charge in [0.25, 0.3) is 0 Å². The largest absolute Gasteiger partial charge is 0.273 e. The predicted octanol–water partition coefficient (Wildman–Crippen LogP) is 2.52. The number of aromatic nitrogens is 2. The lowest BCUT2D eigenvalue weighted by Gasteiger charge is -2.03. The molecule has 0 aliphatic carbocycles. The summed E-state index contributed by atoms with van der Waals surface area (Å²) < 4.78 is 1.74. The summed E-state index contributed by atoms with van der Waals surface area (Å²) in [5, 5.41) is 4.83. The maximum atomic E-state index is 11.4. The standard InChI is InChI=1S/C14H15N3O.ClH/c1-2-6-14(18)16-12-9-10-17(15-11-12)13-7-4-3-5-8-13;/h3-5,7-11H,2,6H2,1H3;1H. The molecule has 0 fully saturated rings. The van der Waals surface area contributed by atoms with Crippen molar-refractivity contribution in [3.8, 4) is 5.69 Å². The number of benzene rings is 1. The number of amides is 1. The number of carbonyl (C=O) groups excluding carboxylic acids is 1. The van der Waals surface area contributed by atoms with Gasteiger partial charge in [0.2, 0.25) is 5.91 Å². The first-order chi connectivity index (χ1) is 8.79. The predicted molar refractivity (Wildman–Crippen MR) is 76.3 cm³/mol. The average Bonchev–Trinajstić information content (AvgIpc) is 2.41. The molecule has 1 amide bonds. The van der Waals surface area contributed by atoms with Crippen LogP contribution in [-0.4, -0.2) is 15.7 Å². The van der Waals surface area contributed by atoms with Crippen molar-refractivity contribution < 1.29 is 4.79 Å². The highest BCUT2D eigenvalue weighted by molar-refractivity contribution is 5.85. The molecule has 0 bridgehead atoms. The summed E-state index contributed by atoms with van der Waals surface area (Å²) in [4.78, 5) is 15.3. The molecular formula is C14H16ClN3O. The summed E-state index contributed by atoms with van der Waals surface area (Å²) in [6.45, 7) is 1.96. The molecule has 0 saturated carbocycles. The van der Waals surface area contributed by atoms with E-state index in [2.05, 4.69) is 10.1 Å². The smallest absolute Gasteiger partial charge is 0.246 e. The van der Waals surface area contributed by atoms with Gasteiger partial charge in [-0.15, -0.1) is 12.4 Å². The Morgan fingerprint density at radius 1 is 1.26 bits per heavy atom. The molecule has 0 radical (unpaired) electrons. The van der Waals surface area contributed by atoms with Crippen molar-refractivity contribution >= 4 is 18.3 Å². The van der Waals surface area contributed by atoms with E-state index in [4.69, 9.17) is 0 Å². The lowest BCUT2D eigenvalue weighted by Crippen LogP contribution is -2.11. The van der Waals surface area contributed by atoms with Gasteiger partial charge in [-0.25, -0.2) is 9.67 Å². The summed E-state index contributed by atoms with van der Waals surface area (Å²) in [6.07, 6.45) is 4.69. The fourth-order valence-corrected chi connectivity index (χ4v) is 1.56. The van der Waals surface area contributed by atoms with Gasteiger partial charge in [-0.3, -0.25) is 4.79 Å². The van der Waals surface area contributed by atoms with E-state index in [1.807, 2.05) is 37.3 Å². The van der Waals surface area contributed by atoms with Crippen molar-refractivity contribution in [1.29, 1.82) is 0 Å². The second-order valence-electron chi connectivity index (χ2n) is 3.92. The van der Waals surface area contributed by atoms with Crippen LogP contribution in [0.25, 0.3) is 5.69 Å². The molecular weight excluding hydrogens is 262 g/mol. The number of carbonyl (C=O) groups is 1. The lowest BCUT2D eigenvalue weighted by molar-refractivity contribution is -0.118. The topological polar surface area (TPSA) is 47.2 Å². The van der Waals surface area contributed by atoms with Gasteiger partial charge in [-0.05, 0) is 24.6 Å². The third-order valence-electron chi connectivity index (χ3n) is 2.44. The highest BCUT2D eigenvalue weighted by atomic mass is 35.5. The van der Waals surface area contributed by atoms with Crippen molar-refractivity contribution in [2.45, 2.75) is 19.8 Å². The monoisotopic (exact) mass is 277 g/mol. The molecule has 5 heteroatoms. The van der Waals surface area contributed by atoms with Crippen molar-refractivity contribution in [1.82, 2.24) is 9.78 Å². The van der Waals surface area contributed by atoms with E-state index in [1.165, 1.54) is 0 Å². The van der Waals surface area contributed by atoms with Gasteiger partial charge in [-0.2, -0.15) is 5.10 Å². The molecule has 0 atom stereocenters. The average molecular weight is 278 g/mol. The van der Waals surface area contributed by atoms with E-state index in [0.717, 1.165) is 12.1 Å². The van der Waals surface area contributed by atoms with Crippen LogP contribution in [0.3, 0.4) is 0 Å². The van der Waals surface area contributed by atoms with E-state index in [0.29, 0.717) is 11.8 Å². The molecule has 0 N–H and O–H groups in total. The Balaban J connectivity index is 0.00000180. The Kier molecular flexibility index (Phi) is 5.96. The zero-order chi connectivity index (χ0) is 12.8. The molecule has 2 aromatic rings. The van der Waals surface area contributed by atoms with Gasteiger partial charge in [-0.1, -0.05) is 25.1 Å². The first-order valence-electron chi connectivity index (χ1n) is 5.97. The Morgan fingerprint density at radius 2 is 2.00 bits per heavy atom. The summed E-state index contributed by atoms with van der Waals surface area (Å²) in [6, 6.07) is 11.6. The normalized spacial score (nSPS) is 10.9. The Bertz CT molecular complexity index is 573. The summed E-state index contributed by atoms with van der Waals surface area (Å²) >= 11 is 0. The lowest BCUT2D eigenvalue weighted by atomic mass is 10.3. The minimum atomic E-state index is -0.100. The van der Waals surface area contributed by atoms with Gasteiger partial charge in [0.1, 0.15) is 0 Å². The second kappa shape index (κ2) is 7.48. The van der Waals surface area contributed by atoms with Crippen LogP contribution in [0, 0.1) is 0 Å². The Hall–Kier alpha value is -1.94. The third-order valence-corrected chi connectivity index (χ3v) is 2.44. The zero-order valence-corrected chi connectivity index (χ0v) is 11.5. The molecule has 1 aromatic carbocycles.